The Balaban J connectivity index is 1.77. The lowest BCUT2D eigenvalue weighted by Crippen LogP contribution is -2.30. The van der Waals surface area contributed by atoms with Crippen LogP contribution in [0.25, 0.3) is 11.3 Å². The first-order valence-corrected chi connectivity index (χ1v) is 9.29. The molecule has 1 aliphatic heterocycles. The molecule has 0 spiro atoms. The third-order valence-electron chi connectivity index (χ3n) is 4.89. The van der Waals surface area contributed by atoms with Crippen LogP contribution in [0.3, 0.4) is 0 Å². The van der Waals surface area contributed by atoms with Crippen LogP contribution in [-0.4, -0.2) is 30.1 Å². The zero-order valence-corrected chi connectivity index (χ0v) is 15.2. The van der Waals surface area contributed by atoms with E-state index >= 15 is 0 Å². The van der Waals surface area contributed by atoms with E-state index in [4.69, 9.17) is 9.97 Å². The average molecular weight is 344 g/mol. The number of nitrogens with zero attached hydrogens (tertiary/aromatic N) is 4. The molecular weight excluding hydrogens is 320 g/mol. The van der Waals surface area contributed by atoms with Crippen LogP contribution in [0.5, 0.6) is 0 Å². The normalized spacial score (nSPS) is 14.3. The van der Waals surface area contributed by atoms with E-state index in [-0.39, 0.29) is 0 Å². The number of piperidine rings is 1. The standard InChI is InChI=1S/C22H24N4/c1-25(19-13-7-3-8-14-19)22-23-20(18-11-5-2-6-12-18)17-21(24-22)26-15-9-4-10-16-26/h2-3,5-8,11-14,17H,4,9-10,15-16H2,1H3. The summed E-state index contributed by atoms with van der Waals surface area (Å²) < 4.78 is 0. The highest BCUT2D eigenvalue weighted by atomic mass is 15.3. The first kappa shape index (κ1) is 16.6. The Morgan fingerprint density at radius 3 is 2.15 bits per heavy atom. The average Bonchev–Trinajstić information content (AvgIpc) is 2.75. The SMILES string of the molecule is CN(c1ccccc1)c1nc(-c2ccccc2)cc(N2CCCCC2)n1. The van der Waals surface area contributed by atoms with Crippen LogP contribution in [0.1, 0.15) is 19.3 Å². The summed E-state index contributed by atoms with van der Waals surface area (Å²) in [5.41, 5.74) is 3.18. The lowest BCUT2D eigenvalue weighted by atomic mass is 10.1. The van der Waals surface area contributed by atoms with Crippen molar-refractivity contribution >= 4 is 17.5 Å². The van der Waals surface area contributed by atoms with Crippen molar-refractivity contribution in [1.82, 2.24) is 9.97 Å². The van der Waals surface area contributed by atoms with Crippen molar-refractivity contribution in [3.8, 4) is 11.3 Å². The molecule has 4 rings (SSSR count). The fourth-order valence-electron chi connectivity index (χ4n) is 3.38. The van der Waals surface area contributed by atoms with Gasteiger partial charge in [0.25, 0.3) is 0 Å². The lowest BCUT2D eigenvalue weighted by Gasteiger charge is -2.29. The van der Waals surface area contributed by atoms with Gasteiger partial charge < -0.3 is 9.80 Å². The summed E-state index contributed by atoms with van der Waals surface area (Å²) in [6.45, 7) is 2.14. The molecule has 0 atom stereocenters. The molecule has 26 heavy (non-hydrogen) atoms. The van der Waals surface area contributed by atoms with Crippen molar-refractivity contribution in [2.75, 3.05) is 29.9 Å². The number of aromatic nitrogens is 2. The van der Waals surface area contributed by atoms with Crippen molar-refractivity contribution in [3.05, 3.63) is 66.7 Å². The molecule has 1 aromatic heterocycles. The first-order valence-electron chi connectivity index (χ1n) is 9.29. The number of hydrogen-bond acceptors (Lipinski definition) is 4. The highest BCUT2D eigenvalue weighted by molar-refractivity contribution is 5.67. The minimum Gasteiger partial charge on any atom is -0.356 e. The predicted molar refractivity (Wildman–Crippen MR) is 108 cm³/mol. The van der Waals surface area contributed by atoms with Crippen molar-refractivity contribution in [3.63, 3.8) is 0 Å². The van der Waals surface area contributed by atoms with E-state index in [1.165, 1.54) is 19.3 Å². The molecule has 0 aliphatic carbocycles. The van der Waals surface area contributed by atoms with Gasteiger partial charge in [0, 0.05) is 37.5 Å². The smallest absolute Gasteiger partial charge is 0.232 e. The van der Waals surface area contributed by atoms with Crippen molar-refractivity contribution < 1.29 is 0 Å². The van der Waals surface area contributed by atoms with Gasteiger partial charge in [0.1, 0.15) is 5.82 Å². The molecular formula is C22H24N4. The van der Waals surface area contributed by atoms with E-state index in [2.05, 4.69) is 52.3 Å². The maximum Gasteiger partial charge on any atom is 0.232 e. The molecule has 132 valence electrons. The van der Waals surface area contributed by atoms with Gasteiger partial charge in [-0.25, -0.2) is 4.98 Å². The second-order valence-corrected chi connectivity index (χ2v) is 6.72. The molecule has 0 unspecified atom stereocenters. The van der Waals surface area contributed by atoms with E-state index in [9.17, 15) is 0 Å². The first-order chi connectivity index (χ1) is 12.8. The Labute approximate surface area is 155 Å². The van der Waals surface area contributed by atoms with E-state index in [1.54, 1.807) is 0 Å². The van der Waals surface area contributed by atoms with Gasteiger partial charge in [0.05, 0.1) is 5.69 Å². The number of benzene rings is 2. The second kappa shape index (κ2) is 7.56. The van der Waals surface area contributed by atoms with E-state index < -0.39 is 0 Å². The van der Waals surface area contributed by atoms with Gasteiger partial charge in [-0.1, -0.05) is 48.5 Å². The van der Waals surface area contributed by atoms with Crippen molar-refractivity contribution in [1.29, 1.82) is 0 Å². The van der Waals surface area contributed by atoms with Crippen LogP contribution in [0.2, 0.25) is 0 Å². The van der Waals surface area contributed by atoms with Gasteiger partial charge in [-0.2, -0.15) is 4.98 Å². The summed E-state index contributed by atoms with van der Waals surface area (Å²) in [6, 6.07) is 22.8. The van der Waals surface area contributed by atoms with Crippen LogP contribution in [0.4, 0.5) is 17.5 Å². The minimum atomic E-state index is 0.734. The molecule has 0 radical (unpaired) electrons. The summed E-state index contributed by atoms with van der Waals surface area (Å²) in [5.74, 6) is 1.76. The number of rotatable bonds is 4. The van der Waals surface area contributed by atoms with E-state index in [0.29, 0.717) is 0 Å². The minimum absolute atomic E-state index is 0.734. The lowest BCUT2D eigenvalue weighted by molar-refractivity contribution is 0.573. The summed E-state index contributed by atoms with van der Waals surface area (Å²) >= 11 is 0. The molecule has 1 saturated heterocycles. The Kier molecular flexibility index (Phi) is 4.82. The highest BCUT2D eigenvalue weighted by Gasteiger charge is 2.17. The van der Waals surface area contributed by atoms with Gasteiger partial charge in [-0.15, -0.1) is 0 Å². The third-order valence-corrected chi connectivity index (χ3v) is 4.89. The van der Waals surface area contributed by atoms with Gasteiger partial charge in [0.2, 0.25) is 5.95 Å². The molecule has 2 aromatic carbocycles. The van der Waals surface area contributed by atoms with Gasteiger partial charge >= 0.3 is 0 Å². The molecule has 0 N–H and O–H groups in total. The van der Waals surface area contributed by atoms with Gasteiger partial charge in [-0.05, 0) is 31.4 Å². The highest BCUT2D eigenvalue weighted by Crippen LogP contribution is 2.28. The molecule has 3 aromatic rings. The third kappa shape index (κ3) is 3.54. The van der Waals surface area contributed by atoms with E-state index in [1.807, 2.05) is 31.3 Å². The van der Waals surface area contributed by atoms with Crippen LogP contribution < -0.4 is 9.80 Å². The molecule has 1 fully saturated rings. The molecule has 0 amide bonds. The molecule has 0 bridgehead atoms. The molecule has 4 heteroatoms. The zero-order valence-electron chi connectivity index (χ0n) is 15.2. The van der Waals surface area contributed by atoms with Gasteiger partial charge in [-0.3, -0.25) is 0 Å². The predicted octanol–water partition coefficient (Wildman–Crippen LogP) is 4.90. The molecule has 0 saturated carbocycles. The number of para-hydroxylation sites is 1. The van der Waals surface area contributed by atoms with Crippen LogP contribution in [0.15, 0.2) is 66.7 Å². The Hall–Kier alpha value is -2.88. The van der Waals surface area contributed by atoms with Crippen LogP contribution >= 0.6 is 0 Å². The fraction of sp³-hybridized carbons (Fsp3) is 0.273. The van der Waals surface area contributed by atoms with Gasteiger partial charge in [0.15, 0.2) is 0 Å². The number of hydrogen-bond donors (Lipinski definition) is 0. The molecule has 2 heterocycles. The number of anilines is 3. The maximum atomic E-state index is 4.90. The molecule has 1 aliphatic rings. The monoisotopic (exact) mass is 344 g/mol. The Morgan fingerprint density at radius 2 is 1.46 bits per heavy atom. The van der Waals surface area contributed by atoms with E-state index in [0.717, 1.165) is 41.8 Å². The fourth-order valence-corrected chi connectivity index (χ4v) is 3.38. The zero-order chi connectivity index (χ0) is 17.8. The van der Waals surface area contributed by atoms with Crippen LogP contribution in [0, 0.1) is 0 Å². The largest absolute Gasteiger partial charge is 0.356 e. The summed E-state index contributed by atoms with van der Waals surface area (Å²) in [5, 5.41) is 0. The quantitative estimate of drug-likeness (QED) is 0.674. The summed E-state index contributed by atoms with van der Waals surface area (Å²) in [4.78, 5) is 14.2. The topological polar surface area (TPSA) is 32.3 Å². The van der Waals surface area contributed by atoms with Crippen molar-refractivity contribution in [2.24, 2.45) is 0 Å². The molecule has 4 nitrogen and oxygen atoms in total. The second-order valence-electron chi connectivity index (χ2n) is 6.72. The van der Waals surface area contributed by atoms with Crippen LogP contribution in [-0.2, 0) is 0 Å². The Bertz CT molecular complexity index is 843. The summed E-state index contributed by atoms with van der Waals surface area (Å²) in [7, 11) is 2.03. The van der Waals surface area contributed by atoms with Crippen molar-refractivity contribution in [2.45, 2.75) is 19.3 Å². The maximum absolute atomic E-state index is 4.90. The summed E-state index contributed by atoms with van der Waals surface area (Å²) in [6.07, 6.45) is 3.77. The Morgan fingerprint density at radius 1 is 0.808 bits per heavy atom.